The predicted octanol–water partition coefficient (Wildman–Crippen LogP) is 0.993. The van der Waals surface area contributed by atoms with E-state index in [1.165, 1.54) is 11.3 Å². The molecule has 0 unspecified atom stereocenters. The Morgan fingerprint density at radius 3 is 2.96 bits per heavy atom. The maximum absolute atomic E-state index is 12.0. The smallest absolute Gasteiger partial charge is 0.324 e. The van der Waals surface area contributed by atoms with E-state index in [0.29, 0.717) is 10.8 Å². The van der Waals surface area contributed by atoms with Crippen LogP contribution in [0.3, 0.4) is 0 Å². The molecular weight excluding hydrogens is 320 g/mol. The summed E-state index contributed by atoms with van der Waals surface area (Å²) in [5, 5.41) is 7.31. The molecule has 1 saturated heterocycles. The minimum atomic E-state index is -0.437. The predicted molar refractivity (Wildman–Crippen MR) is 82.0 cm³/mol. The van der Waals surface area contributed by atoms with E-state index in [0.717, 1.165) is 10.7 Å². The summed E-state index contributed by atoms with van der Waals surface area (Å²) in [7, 11) is 0. The number of carbonyl (C=O) groups is 3. The number of carbonyl (C=O) groups excluding carboxylic acids is 3. The topological polar surface area (TPSA) is 105 Å². The summed E-state index contributed by atoms with van der Waals surface area (Å²) in [6.45, 7) is 2.14. The van der Waals surface area contributed by atoms with Crippen molar-refractivity contribution in [3.8, 4) is 10.8 Å². The van der Waals surface area contributed by atoms with Crippen molar-refractivity contribution in [2.45, 2.75) is 6.92 Å². The standard InChI is InChI=1S/C14H14N4O4S/c1-8-2-3-10(22-8)13-17-9(7-23-13)12(20)15-4-5-18-11(19)6-16-14(18)21/h2-3,7H,4-6H2,1H3,(H,15,20)(H,16,21). The van der Waals surface area contributed by atoms with Gasteiger partial charge < -0.3 is 15.1 Å². The van der Waals surface area contributed by atoms with Gasteiger partial charge in [-0.1, -0.05) is 0 Å². The van der Waals surface area contributed by atoms with Gasteiger partial charge in [-0.3, -0.25) is 14.5 Å². The van der Waals surface area contributed by atoms with Crippen LogP contribution in [0, 0.1) is 6.92 Å². The van der Waals surface area contributed by atoms with Crippen molar-refractivity contribution in [2.75, 3.05) is 19.6 Å². The van der Waals surface area contributed by atoms with Gasteiger partial charge in [0.1, 0.15) is 11.5 Å². The highest BCUT2D eigenvalue weighted by Crippen LogP contribution is 2.25. The lowest BCUT2D eigenvalue weighted by Crippen LogP contribution is -2.38. The number of hydrogen-bond donors (Lipinski definition) is 2. The maximum atomic E-state index is 12.0. The summed E-state index contributed by atoms with van der Waals surface area (Å²) in [6.07, 6.45) is 0. The second-order valence-corrected chi connectivity index (χ2v) is 5.77. The van der Waals surface area contributed by atoms with Crippen LogP contribution in [0.1, 0.15) is 16.2 Å². The number of furan rings is 1. The third-order valence-electron chi connectivity index (χ3n) is 3.25. The molecule has 0 saturated carbocycles. The van der Waals surface area contributed by atoms with Crippen LogP contribution in [-0.2, 0) is 4.79 Å². The van der Waals surface area contributed by atoms with Gasteiger partial charge in [0, 0.05) is 18.5 Å². The molecule has 2 aromatic rings. The van der Waals surface area contributed by atoms with Crippen LogP contribution in [-0.4, -0.2) is 47.4 Å². The van der Waals surface area contributed by atoms with Crippen molar-refractivity contribution in [2.24, 2.45) is 0 Å². The largest absolute Gasteiger partial charge is 0.459 e. The zero-order valence-corrected chi connectivity index (χ0v) is 13.1. The van der Waals surface area contributed by atoms with Crippen molar-refractivity contribution < 1.29 is 18.8 Å². The Bertz CT molecular complexity index is 750. The molecule has 4 amide bonds. The molecule has 0 spiro atoms. The highest BCUT2D eigenvalue weighted by Gasteiger charge is 2.27. The Balaban J connectivity index is 1.56. The summed E-state index contributed by atoms with van der Waals surface area (Å²) in [5.41, 5.74) is 0.274. The second kappa shape index (κ2) is 6.21. The lowest BCUT2D eigenvalue weighted by Gasteiger charge is -2.12. The first-order chi connectivity index (χ1) is 11.0. The molecule has 120 valence electrons. The monoisotopic (exact) mass is 334 g/mol. The number of amides is 4. The van der Waals surface area contributed by atoms with Crippen molar-refractivity contribution >= 4 is 29.2 Å². The molecule has 8 nitrogen and oxygen atoms in total. The lowest BCUT2D eigenvalue weighted by molar-refractivity contribution is -0.124. The first kappa shape index (κ1) is 15.2. The van der Waals surface area contributed by atoms with E-state index in [1.807, 2.05) is 13.0 Å². The van der Waals surface area contributed by atoms with Crippen LogP contribution in [0.25, 0.3) is 10.8 Å². The van der Waals surface area contributed by atoms with E-state index < -0.39 is 6.03 Å². The fourth-order valence-corrected chi connectivity index (χ4v) is 2.85. The average Bonchev–Trinajstić information content (AvgIpc) is 3.22. The molecule has 0 aliphatic carbocycles. The fraction of sp³-hybridized carbons (Fsp3) is 0.286. The number of nitrogens with one attached hydrogen (secondary N) is 2. The molecule has 0 aromatic carbocycles. The van der Waals surface area contributed by atoms with E-state index in [2.05, 4.69) is 15.6 Å². The van der Waals surface area contributed by atoms with Gasteiger partial charge in [-0.15, -0.1) is 11.3 Å². The summed E-state index contributed by atoms with van der Waals surface area (Å²) in [4.78, 5) is 40.1. The molecular formula is C14H14N4O4S. The molecule has 0 bridgehead atoms. The Labute approximate surface area is 135 Å². The number of aromatic nitrogens is 1. The zero-order chi connectivity index (χ0) is 16.4. The van der Waals surface area contributed by atoms with E-state index in [9.17, 15) is 14.4 Å². The number of rotatable bonds is 5. The van der Waals surface area contributed by atoms with Gasteiger partial charge in [0.25, 0.3) is 5.91 Å². The van der Waals surface area contributed by atoms with Gasteiger partial charge >= 0.3 is 6.03 Å². The molecule has 2 aromatic heterocycles. The Hall–Kier alpha value is -2.68. The van der Waals surface area contributed by atoms with Gasteiger partial charge in [0.2, 0.25) is 5.91 Å². The summed E-state index contributed by atoms with van der Waals surface area (Å²) in [6, 6.07) is 3.19. The van der Waals surface area contributed by atoms with Crippen molar-refractivity contribution in [3.05, 3.63) is 29.0 Å². The minimum Gasteiger partial charge on any atom is -0.459 e. The first-order valence-electron chi connectivity index (χ1n) is 6.93. The lowest BCUT2D eigenvalue weighted by atomic mass is 10.4. The third kappa shape index (κ3) is 3.24. The van der Waals surface area contributed by atoms with Gasteiger partial charge in [-0.2, -0.15) is 0 Å². The number of urea groups is 1. The van der Waals surface area contributed by atoms with Gasteiger partial charge in [0.15, 0.2) is 10.8 Å². The molecule has 0 atom stereocenters. The molecule has 1 aliphatic heterocycles. The normalized spacial score (nSPS) is 14.2. The molecule has 23 heavy (non-hydrogen) atoms. The fourth-order valence-electron chi connectivity index (χ4n) is 2.09. The number of thiazole rings is 1. The highest BCUT2D eigenvalue weighted by atomic mass is 32.1. The van der Waals surface area contributed by atoms with Gasteiger partial charge in [-0.25, -0.2) is 9.78 Å². The molecule has 1 fully saturated rings. The van der Waals surface area contributed by atoms with Crippen molar-refractivity contribution in [1.29, 1.82) is 0 Å². The Morgan fingerprint density at radius 2 is 2.30 bits per heavy atom. The highest BCUT2D eigenvalue weighted by molar-refractivity contribution is 7.13. The van der Waals surface area contributed by atoms with Gasteiger partial charge in [-0.05, 0) is 19.1 Å². The Morgan fingerprint density at radius 1 is 1.48 bits per heavy atom. The van der Waals surface area contributed by atoms with Gasteiger partial charge in [0.05, 0.1) is 6.54 Å². The maximum Gasteiger partial charge on any atom is 0.324 e. The van der Waals surface area contributed by atoms with Crippen molar-refractivity contribution in [3.63, 3.8) is 0 Å². The SMILES string of the molecule is Cc1ccc(-c2nc(C(=O)NCCN3C(=O)CNC3=O)cs2)o1. The molecule has 1 aliphatic rings. The van der Waals surface area contributed by atoms with E-state index in [1.54, 1.807) is 11.4 Å². The first-order valence-corrected chi connectivity index (χ1v) is 7.81. The van der Waals surface area contributed by atoms with Crippen LogP contribution in [0.2, 0.25) is 0 Å². The number of nitrogens with zero attached hydrogens (tertiary/aromatic N) is 2. The number of aryl methyl sites for hydroxylation is 1. The van der Waals surface area contributed by atoms with Crippen LogP contribution >= 0.6 is 11.3 Å². The molecule has 0 radical (unpaired) electrons. The molecule has 3 rings (SSSR count). The molecule has 9 heteroatoms. The van der Waals surface area contributed by atoms with Crippen LogP contribution in [0.5, 0.6) is 0 Å². The minimum absolute atomic E-state index is 0.00475. The van der Waals surface area contributed by atoms with Crippen molar-refractivity contribution in [1.82, 2.24) is 20.5 Å². The van der Waals surface area contributed by atoms with E-state index in [4.69, 9.17) is 4.42 Å². The van der Waals surface area contributed by atoms with E-state index in [-0.39, 0.29) is 37.1 Å². The second-order valence-electron chi connectivity index (χ2n) is 4.91. The average molecular weight is 334 g/mol. The third-order valence-corrected chi connectivity index (χ3v) is 4.10. The Kier molecular flexibility index (Phi) is 4.11. The quantitative estimate of drug-likeness (QED) is 0.794. The summed E-state index contributed by atoms with van der Waals surface area (Å²) >= 11 is 1.31. The van der Waals surface area contributed by atoms with Crippen LogP contribution in [0.4, 0.5) is 4.79 Å². The number of imide groups is 1. The number of hydrogen-bond acceptors (Lipinski definition) is 6. The van der Waals surface area contributed by atoms with E-state index >= 15 is 0 Å². The molecule has 2 N–H and O–H groups in total. The van der Waals surface area contributed by atoms with Crippen LogP contribution in [0.15, 0.2) is 21.9 Å². The summed E-state index contributed by atoms with van der Waals surface area (Å²) < 4.78 is 5.46. The molecule has 3 heterocycles. The zero-order valence-electron chi connectivity index (χ0n) is 12.3. The van der Waals surface area contributed by atoms with Crippen LogP contribution < -0.4 is 10.6 Å². The summed E-state index contributed by atoms with van der Waals surface area (Å²) in [5.74, 6) is 0.733.